The Kier molecular flexibility index (Phi) is 3.49. The fraction of sp³-hybridized carbons (Fsp3) is 0.100. The molecule has 102 valence electrons. The van der Waals surface area contributed by atoms with E-state index in [0.29, 0.717) is 11.8 Å². The van der Waals surface area contributed by atoms with Gasteiger partial charge in [-0.15, -0.1) is 0 Å². The predicted molar refractivity (Wildman–Crippen MR) is 63.4 cm³/mol. The maximum Gasteiger partial charge on any atom is 0.243 e. The van der Waals surface area contributed by atoms with Crippen molar-refractivity contribution in [2.75, 3.05) is 5.73 Å². The van der Waals surface area contributed by atoms with Gasteiger partial charge in [0.1, 0.15) is 16.5 Å². The molecule has 2 aromatic rings. The van der Waals surface area contributed by atoms with E-state index in [1.54, 1.807) is 6.07 Å². The smallest absolute Gasteiger partial charge is 0.243 e. The Labute approximate surface area is 107 Å². The fourth-order valence-corrected chi connectivity index (χ4v) is 2.48. The molecule has 0 aliphatic heterocycles. The lowest BCUT2D eigenvalue weighted by Crippen LogP contribution is -2.24. The summed E-state index contributed by atoms with van der Waals surface area (Å²) in [5, 5.41) is 6.18. The predicted octanol–water partition coefficient (Wildman–Crippen LogP) is 0.749. The average molecular weight is 288 g/mol. The van der Waals surface area contributed by atoms with E-state index in [1.165, 1.54) is 6.20 Å². The molecule has 0 fully saturated rings. The van der Waals surface area contributed by atoms with Crippen LogP contribution in [0.15, 0.2) is 29.3 Å². The molecule has 1 aromatic carbocycles. The molecule has 0 atom stereocenters. The number of aromatic amines is 1. The molecule has 0 spiro atoms. The fourth-order valence-electron chi connectivity index (χ4n) is 1.38. The molecule has 0 radical (unpaired) electrons. The first-order chi connectivity index (χ1) is 8.90. The highest BCUT2D eigenvalue weighted by molar-refractivity contribution is 7.89. The highest BCUT2D eigenvalue weighted by atomic mass is 32.2. The summed E-state index contributed by atoms with van der Waals surface area (Å²) in [6.45, 7) is -0.0982. The van der Waals surface area contributed by atoms with Crippen LogP contribution in [0.5, 0.6) is 0 Å². The zero-order valence-electron chi connectivity index (χ0n) is 9.52. The Morgan fingerprint density at radius 1 is 1.32 bits per heavy atom. The van der Waals surface area contributed by atoms with Gasteiger partial charge in [0.15, 0.2) is 0 Å². The van der Waals surface area contributed by atoms with Crippen LogP contribution in [-0.2, 0) is 16.6 Å². The van der Waals surface area contributed by atoms with E-state index in [-0.39, 0.29) is 6.54 Å². The zero-order valence-corrected chi connectivity index (χ0v) is 10.3. The van der Waals surface area contributed by atoms with Crippen LogP contribution in [0.25, 0.3) is 0 Å². The molecule has 0 aliphatic rings. The van der Waals surface area contributed by atoms with Crippen molar-refractivity contribution in [3.05, 3.63) is 41.7 Å². The Bertz CT molecular complexity index is 686. The van der Waals surface area contributed by atoms with E-state index >= 15 is 0 Å². The molecule has 6 nitrogen and oxygen atoms in total. The summed E-state index contributed by atoms with van der Waals surface area (Å²) in [6.07, 6.45) is 1.44. The molecular formula is C10H10F2N4O2S. The number of nitrogen functional groups attached to an aromatic ring is 1. The highest BCUT2D eigenvalue weighted by Crippen LogP contribution is 2.20. The summed E-state index contributed by atoms with van der Waals surface area (Å²) in [6, 6.07) is 2.72. The molecule has 19 heavy (non-hydrogen) atoms. The van der Waals surface area contributed by atoms with Gasteiger partial charge in [-0.2, -0.15) is 5.10 Å². The molecule has 0 saturated heterocycles. The van der Waals surface area contributed by atoms with Crippen LogP contribution >= 0.6 is 0 Å². The number of rotatable bonds is 4. The molecule has 0 bridgehead atoms. The zero-order chi connectivity index (χ0) is 14.0. The second-order valence-electron chi connectivity index (χ2n) is 3.71. The van der Waals surface area contributed by atoms with E-state index in [2.05, 4.69) is 14.9 Å². The molecule has 0 saturated carbocycles. The van der Waals surface area contributed by atoms with Gasteiger partial charge in [-0.05, 0) is 12.1 Å². The number of aromatic nitrogens is 2. The van der Waals surface area contributed by atoms with Crippen molar-refractivity contribution in [3.8, 4) is 0 Å². The molecule has 0 aliphatic carbocycles. The van der Waals surface area contributed by atoms with Crippen LogP contribution in [0.2, 0.25) is 0 Å². The lowest BCUT2D eigenvalue weighted by Gasteiger charge is -2.08. The van der Waals surface area contributed by atoms with Crippen molar-refractivity contribution in [2.45, 2.75) is 11.4 Å². The van der Waals surface area contributed by atoms with Crippen LogP contribution in [0, 0.1) is 11.6 Å². The number of nitrogens with one attached hydrogen (secondary N) is 2. The molecule has 1 aromatic heterocycles. The van der Waals surface area contributed by atoms with Crippen molar-refractivity contribution >= 4 is 15.7 Å². The number of nitrogens with two attached hydrogens (primary N) is 1. The summed E-state index contributed by atoms with van der Waals surface area (Å²) in [4.78, 5) is -0.703. The van der Waals surface area contributed by atoms with Crippen molar-refractivity contribution in [2.24, 2.45) is 0 Å². The van der Waals surface area contributed by atoms with Gasteiger partial charge in [-0.25, -0.2) is 21.9 Å². The van der Waals surface area contributed by atoms with Crippen LogP contribution in [0.1, 0.15) is 5.69 Å². The normalized spacial score (nSPS) is 11.7. The number of halogens is 2. The molecule has 0 unspecified atom stereocenters. The van der Waals surface area contributed by atoms with E-state index in [1.807, 2.05) is 0 Å². The Morgan fingerprint density at radius 3 is 2.68 bits per heavy atom. The summed E-state index contributed by atoms with van der Waals surface area (Å²) < 4.78 is 52.3. The van der Waals surface area contributed by atoms with Crippen LogP contribution < -0.4 is 10.5 Å². The highest BCUT2D eigenvalue weighted by Gasteiger charge is 2.21. The maximum atomic E-state index is 13.5. The van der Waals surface area contributed by atoms with Gasteiger partial charge in [0, 0.05) is 12.3 Å². The Morgan fingerprint density at radius 2 is 2.05 bits per heavy atom. The van der Waals surface area contributed by atoms with Gasteiger partial charge in [0.25, 0.3) is 0 Å². The van der Waals surface area contributed by atoms with Crippen molar-refractivity contribution in [1.82, 2.24) is 14.9 Å². The summed E-state index contributed by atoms with van der Waals surface area (Å²) >= 11 is 0. The van der Waals surface area contributed by atoms with E-state index in [9.17, 15) is 17.2 Å². The van der Waals surface area contributed by atoms with E-state index in [4.69, 9.17) is 5.73 Å². The first kappa shape index (κ1) is 13.4. The third-order valence-electron chi connectivity index (χ3n) is 2.35. The number of sulfonamides is 1. The van der Waals surface area contributed by atoms with Crippen molar-refractivity contribution < 1.29 is 17.2 Å². The molecule has 4 N–H and O–H groups in total. The number of H-pyrrole nitrogens is 1. The first-order valence-electron chi connectivity index (χ1n) is 5.12. The SMILES string of the molecule is Nc1cc(S(=O)(=O)NCc2ccn[nH]2)c(F)cc1F. The maximum absolute atomic E-state index is 13.5. The third-order valence-corrected chi connectivity index (χ3v) is 3.77. The molecular weight excluding hydrogens is 278 g/mol. The van der Waals surface area contributed by atoms with Crippen molar-refractivity contribution in [3.63, 3.8) is 0 Å². The summed E-state index contributed by atoms with van der Waals surface area (Å²) in [5.41, 5.74) is 5.28. The third kappa shape index (κ3) is 2.88. The molecule has 2 rings (SSSR count). The standard InChI is InChI=1S/C10H10F2N4O2S/c11-7-3-8(12)10(4-9(7)13)19(17,18)15-5-6-1-2-14-16-6/h1-4,15H,5,13H2,(H,14,16). The average Bonchev–Trinajstić information content (AvgIpc) is 2.84. The minimum Gasteiger partial charge on any atom is -0.396 e. The largest absolute Gasteiger partial charge is 0.396 e. The number of nitrogens with zero attached hydrogens (tertiary/aromatic N) is 1. The van der Waals surface area contributed by atoms with Gasteiger partial charge in [0.2, 0.25) is 10.0 Å². The molecule has 0 amide bonds. The topological polar surface area (TPSA) is 101 Å². The minimum atomic E-state index is -4.13. The van der Waals surface area contributed by atoms with Crippen LogP contribution in [0.3, 0.4) is 0 Å². The Balaban J connectivity index is 2.27. The van der Waals surface area contributed by atoms with Gasteiger partial charge >= 0.3 is 0 Å². The lowest BCUT2D eigenvalue weighted by atomic mass is 10.3. The molecule has 1 heterocycles. The molecule has 9 heteroatoms. The van der Waals surface area contributed by atoms with Crippen LogP contribution in [-0.4, -0.2) is 18.6 Å². The van der Waals surface area contributed by atoms with Gasteiger partial charge in [-0.1, -0.05) is 0 Å². The second-order valence-corrected chi connectivity index (χ2v) is 5.45. The number of hydrogen-bond acceptors (Lipinski definition) is 4. The van der Waals surface area contributed by atoms with Crippen molar-refractivity contribution in [1.29, 1.82) is 0 Å². The minimum absolute atomic E-state index is 0.0982. The van der Waals surface area contributed by atoms with Gasteiger partial charge < -0.3 is 5.73 Å². The lowest BCUT2D eigenvalue weighted by molar-refractivity contribution is 0.544. The van der Waals surface area contributed by atoms with Gasteiger partial charge in [-0.3, -0.25) is 5.10 Å². The Hall–Kier alpha value is -2.00. The van der Waals surface area contributed by atoms with E-state index in [0.717, 1.165) is 6.07 Å². The monoisotopic (exact) mass is 288 g/mol. The second kappa shape index (κ2) is 4.94. The quantitative estimate of drug-likeness (QED) is 0.722. The number of hydrogen-bond donors (Lipinski definition) is 3. The van der Waals surface area contributed by atoms with Gasteiger partial charge in [0.05, 0.1) is 17.9 Å². The number of benzene rings is 1. The van der Waals surface area contributed by atoms with E-state index < -0.39 is 32.2 Å². The first-order valence-corrected chi connectivity index (χ1v) is 6.61. The number of anilines is 1. The summed E-state index contributed by atoms with van der Waals surface area (Å²) in [5.74, 6) is -2.21. The van der Waals surface area contributed by atoms with Crippen LogP contribution in [0.4, 0.5) is 14.5 Å². The summed E-state index contributed by atoms with van der Waals surface area (Å²) in [7, 11) is -4.13.